The Bertz CT molecular complexity index is 336. The SMILES string of the molecule is CC(C)(CSc1nncn1N)C(=O)O. The van der Waals surface area contributed by atoms with E-state index in [1.165, 1.54) is 22.8 Å². The van der Waals surface area contributed by atoms with Crippen molar-refractivity contribution in [3.05, 3.63) is 6.33 Å². The van der Waals surface area contributed by atoms with Gasteiger partial charge in [0.15, 0.2) is 0 Å². The number of rotatable bonds is 4. The Kier molecular flexibility index (Phi) is 3.00. The summed E-state index contributed by atoms with van der Waals surface area (Å²) in [6.07, 6.45) is 1.37. The van der Waals surface area contributed by atoms with Crippen LogP contribution in [0.4, 0.5) is 0 Å². The van der Waals surface area contributed by atoms with E-state index >= 15 is 0 Å². The topological polar surface area (TPSA) is 94.0 Å². The first kappa shape index (κ1) is 10.8. The summed E-state index contributed by atoms with van der Waals surface area (Å²) in [6.45, 7) is 3.30. The molecular weight excluding hydrogens is 204 g/mol. The van der Waals surface area contributed by atoms with Gasteiger partial charge in [0.05, 0.1) is 5.41 Å². The van der Waals surface area contributed by atoms with Crippen LogP contribution in [-0.4, -0.2) is 31.7 Å². The van der Waals surface area contributed by atoms with Crippen molar-refractivity contribution in [2.75, 3.05) is 11.6 Å². The summed E-state index contributed by atoms with van der Waals surface area (Å²) in [6, 6.07) is 0. The molecule has 1 rings (SSSR count). The van der Waals surface area contributed by atoms with E-state index in [4.69, 9.17) is 10.9 Å². The van der Waals surface area contributed by atoms with Gasteiger partial charge >= 0.3 is 5.97 Å². The van der Waals surface area contributed by atoms with Crippen LogP contribution in [0.2, 0.25) is 0 Å². The second kappa shape index (κ2) is 3.87. The van der Waals surface area contributed by atoms with E-state index in [0.717, 1.165) is 0 Å². The molecule has 78 valence electrons. The molecule has 0 saturated heterocycles. The number of carboxylic acids is 1. The van der Waals surface area contributed by atoms with E-state index in [1.54, 1.807) is 13.8 Å². The van der Waals surface area contributed by atoms with Crippen molar-refractivity contribution in [1.29, 1.82) is 0 Å². The molecule has 14 heavy (non-hydrogen) atoms. The molecule has 0 bridgehead atoms. The van der Waals surface area contributed by atoms with Crippen molar-refractivity contribution >= 4 is 17.7 Å². The Morgan fingerprint density at radius 2 is 2.43 bits per heavy atom. The molecule has 0 amide bonds. The van der Waals surface area contributed by atoms with Gasteiger partial charge in [-0.15, -0.1) is 10.2 Å². The molecule has 0 fully saturated rings. The van der Waals surface area contributed by atoms with Crippen LogP contribution < -0.4 is 5.84 Å². The summed E-state index contributed by atoms with van der Waals surface area (Å²) in [4.78, 5) is 10.8. The van der Waals surface area contributed by atoms with Gasteiger partial charge in [-0.2, -0.15) is 0 Å². The number of aromatic nitrogens is 3. The van der Waals surface area contributed by atoms with E-state index in [9.17, 15) is 4.79 Å². The Labute approximate surface area is 85.5 Å². The molecule has 0 radical (unpaired) electrons. The van der Waals surface area contributed by atoms with E-state index in [0.29, 0.717) is 10.9 Å². The van der Waals surface area contributed by atoms with Crippen LogP contribution in [-0.2, 0) is 4.79 Å². The molecule has 0 atom stereocenters. The first-order valence-corrected chi connectivity index (χ1v) is 4.93. The highest BCUT2D eigenvalue weighted by molar-refractivity contribution is 7.99. The number of thioether (sulfide) groups is 1. The second-order valence-electron chi connectivity index (χ2n) is 3.50. The monoisotopic (exact) mass is 216 g/mol. The molecule has 3 N–H and O–H groups in total. The average molecular weight is 216 g/mol. The molecule has 0 aromatic carbocycles. The summed E-state index contributed by atoms with van der Waals surface area (Å²) < 4.78 is 1.27. The molecule has 1 heterocycles. The molecule has 1 aromatic rings. The van der Waals surface area contributed by atoms with E-state index in [1.807, 2.05) is 0 Å². The van der Waals surface area contributed by atoms with Gasteiger partial charge in [-0.25, -0.2) is 4.68 Å². The van der Waals surface area contributed by atoms with E-state index in [-0.39, 0.29) is 0 Å². The summed E-state index contributed by atoms with van der Waals surface area (Å²) in [7, 11) is 0. The Morgan fingerprint density at radius 3 is 2.86 bits per heavy atom. The van der Waals surface area contributed by atoms with Gasteiger partial charge in [0.25, 0.3) is 0 Å². The lowest BCUT2D eigenvalue weighted by molar-refractivity contribution is -0.145. The fourth-order valence-electron chi connectivity index (χ4n) is 0.642. The molecule has 0 saturated carbocycles. The Hall–Kier alpha value is -1.24. The number of carboxylic acid groups (broad SMARTS) is 1. The van der Waals surface area contributed by atoms with Crippen molar-refractivity contribution in [2.24, 2.45) is 5.41 Å². The summed E-state index contributed by atoms with van der Waals surface area (Å²) in [5.74, 6) is 5.03. The molecule has 0 aliphatic carbocycles. The van der Waals surface area contributed by atoms with Crippen LogP contribution in [0.25, 0.3) is 0 Å². The lowest BCUT2D eigenvalue weighted by atomic mass is 9.97. The standard InChI is InChI=1S/C7H12N4O2S/c1-7(2,5(12)13)3-14-6-10-9-4-11(6)8/h4H,3,8H2,1-2H3,(H,12,13). The highest BCUT2D eigenvalue weighted by atomic mass is 32.2. The maximum Gasteiger partial charge on any atom is 0.309 e. The third-order valence-corrected chi connectivity index (χ3v) is 3.10. The van der Waals surface area contributed by atoms with Gasteiger partial charge in [-0.1, -0.05) is 11.8 Å². The average Bonchev–Trinajstić information content (AvgIpc) is 2.47. The molecule has 7 heteroatoms. The molecule has 0 aliphatic heterocycles. The van der Waals surface area contributed by atoms with Crippen LogP contribution in [0, 0.1) is 5.41 Å². The number of hydrogen-bond donors (Lipinski definition) is 2. The molecule has 1 aromatic heterocycles. The lowest BCUT2D eigenvalue weighted by Crippen LogP contribution is -2.26. The highest BCUT2D eigenvalue weighted by Gasteiger charge is 2.27. The summed E-state index contributed by atoms with van der Waals surface area (Å²) in [5.41, 5.74) is -0.795. The molecule has 6 nitrogen and oxygen atoms in total. The maximum absolute atomic E-state index is 10.8. The normalized spacial score (nSPS) is 11.6. The summed E-state index contributed by atoms with van der Waals surface area (Å²) >= 11 is 1.27. The van der Waals surface area contributed by atoms with Crippen molar-refractivity contribution < 1.29 is 9.90 Å². The molecular formula is C7H12N4O2S. The fourth-order valence-corrected chi connectivity index (χ4v) is 1.56. The fraction of sp³-hybridized carbons (Fsp3) is 0.571. The highest BCUT2D eigenvalue weighted by Crippen LogP contribution is 2.25. The van der Waals surface area contributed by atoms with E-state index in [2.05, 4.69) is 10.2 Å². The second-order valence-corrected chi connectivity index (χ2v) is 4.44. The zero-order valence-corrected chi connectivity index (χ0v) is 8.78. The molecule has 0 unspecified atom stereocenters. The predicted octanol–water partition coefficient (Wildman–Crippen LogP) is 0.195. The van der Waals surface area contributed by atoms with Gasteiger partial charge in [-0.05, 0) is 13.8 Å². The van der Waals surface area contributed by atoms with Gasteiger partial charge in [-0.3, -0.25) is 4.79 Å². The molecule has 0 spiro atoms. The van der Waals surface area contributed by atoms with Crippen molar-refractivity contribution in [1.82, 2.24) is 14.9 Å². The maximum atomic E-state index is 10.8. The minimum atomic E-state index is -0.840. The van der Waals surface area contributed by atoms with Crippen LogP contribution in [0.5, 0.6) is 0 Å². The van der Waals surface area contributed by atoms with Crippen LogP contribution in [0.3, 0.4) is 0 Å². The number of nitrogen functional groups attached to an aromatic ring is 1. The number of carbonyl (C=O) groups is 1. The molecule has 0 aliphatic rings. The van der Waals surface area contributed by atoms with Gasteiger partial charge in [0.2, 0.25) is 5.16 Å². The van der Waals surface area contributed by atoms with Gasteiger partial charge in [0.1, 0.15) is 6.33 Å². The third kappa shape index (κ3) is 2.38. The minimum absolute atomic E-state index is 0.401. The number of hydrogen-bond acceptors (Lipinski definition) is 5. The van der Waals surface area contributed by atoms with Crippen molar-refractivity contribution in [3.63, 3.8) is 0 Å². The zero-order valence-electron chi connectivity index (χ0n) is 7.97. The summed E-state index contributed by atoms with van der Waals surface area (Å²) in [5, 5.41) is 16.7. The Morgan fingerprint density at radius 1 is 1.79 bits per heavy atom. The first-order valence-electron chi connectivity index (χ1n) is 3.95. The number of aliphatic carboxylic acids is 1. The van der Waals surface area contributed by atoms with Gasteiger partial charge < -0.3 is 10.9 Å². The smallest absolute Gasteiger partial charge is 0.309 e. The number of nitrogens with zero attached hydrogens (tertiary/aromatic N) is 3. The Balaban J connectivity index is 2.57. The first-order chi connectivity index (χ1) is 6.43. The van der Waals surface area contributed by atoms with E-state index < -0.39 is 11.4 Å². The van der Waals surface area contributed by atoms with Crippen LogP contribution in [0.15, 0.2) is 11.5 Å². The third-order valence-electron chi connectivity index (χ3n) is 1.68. The predicted molar refractivity (Wildman–Crippen MR) is 52.3 cm³/mol. The van der Waals surface area contributed by atoms with Crippen LogP contribution >= 0.6 is 11.8 Å². The number of nitrogens with two attached hydrogens (primary N) is 1. The van der Waals surface area contributed by atoms with Gasteiger partial charge in [0, 0.05) is 5.75 Å². The van der Waals surface area contributed by atoms with Crippen molar-refractivity contribution in [2.45, 2.75) is 19.0 Å². The largest absolute Gasteiger partial charge is 0.481 e. The van der Waals surface area contributed by atoms with Crippen molar-refractivity contribution in [3.8, 4) is 0 Å². The van der Waals surface area contributed by atoms with Crippen LogP contribution in [0.1, 0.15) is 13.8 Å². The quantitative estimate of drug-likeness (QED) is 0.551. The minimum Gasteiger partial charge on any atom is -0.481 e. The lowest BCUT2D eigenvalue weighted by Gasteiger charge is -2.17. The zero-order chi connectivity index (χ0) is 10.8.